The van der Waals surface area contributed by atoms with Crippen molar-refractivity contribution in [1.82, 2.24) is 21.0 Å². The predicted octanol–water partition coefficient (Wildman–Crippen LogP) is 3.07. The van der Waals surface area contributed by atoms with Crippen LogP contribution in [0.1, 0.15) is 28.5 Å². The Kier molecular flexibility index (Phi) is 4.95. The number of rotatable bonds is 3. The summed E-state index contributed by atoms with van der Waals surface area (Å²) in [4.78, 5) is 12.3. The number of aryl methyl sites for hydroxylation is 2. The fraction of sp³-hybridized carbons (Fsp3) is 0.167. The van der Waals surface area contributed by atoms with Crippen molar-refractivity contribution in [3.8, 4) is 0 Å². The number of amides is 1. The number of hydrazine groups is 1. The van der Waals surface area contributed by atoms with Crippen LogP contribution in [-0.2, 0) is 6.42 Å². The fourth-order valence-corrected chi connectivity index (χ4v) is 2.81. The number of benzene rings is 2. The standard InChI is InChI=1S/C18H19N5OS/c1-3-12-8-6-7-11(2)15(12)19-18(25)23-22-17(24)16-13-9-4-5-10-14(13)20-21-16/h4-10H,3H2,1-2H3,(H,20,21)(H,22,24)(H2,19,23,25). The first-order valence-corrected chi connectivity index (χ1v) is 8.40. The Hall–Kier alpha value is -2.93. The molecule has 4 N–H and O–H groups in total. The Labute approximate surface area is 151 Å². The number of carbonyl (C=O) groups is 1. The first-order chi connectivity index (χ1) is 12.1. The van der Waals surface area contributed by atoms with Crippen LogP contribution >= 0.6 is 12.2 Å². The number of nitrogens with zero attached hydrogens (tertiary/aromatic N) is 1. The molecule has 0 aliphatic heterocycles. The minimum atomic E-state index is -0.359. The van der Waals surface area contributed by atoms with E-state index in [2.05, 4.69) is 33.3 Å². The Bertz CT molecular complexity index is 934. The summed E-state index contributed by atoms with van der Waals surface area (Å²) in [6.07, 6.45) is 0.887. The molecular formula is C18H19N5OS. The molecule has 1 heterocycles. The zero-order valence-corrected chi connectivity index (χ0v) is 14.8. The second-order valence-corrected chi connectivity index (χ2v) is 6.02. The zero-order valence-electron chi connectivity index (χ0n) is 14.0. The van der Waals surface area contributed by atoms with E-state index in [1.165, 1.54) is 0 Å². The molecule has 1 aromatic heterocycles. The number of nitrogens with one attached hydrogen (secondary N) is 4. The van der Waals surface area contributed by atoms with E-state index in [0.29, 0.717) is 10.8 Å². The lowest BCUT2D eigenvalue weighted by molar-refractivity contribution is 0.0940. The van der Waals surface area contributed by atoms with Gasteiger partial charge in [0.15, 0.2) is 10.8 Å². The van der Waals surface area contributed by atoms with Gasteiger partial charge in [-0.1, -0.05) is 43.3 Å². The minimum Gasteiger partial charge on any atom is -0.331 e. The molecule has 0 saturated carbocycles. The van der Waals surface area contributed by atoms with Crippen molar-refractivity contribution < 1.29 is 4.79 Å². The summed E-state index contributed by atoms with van der Waals surface area (Å²) in [5.74, 6) is -0.359. The van der Waals surface area contributed by atoms with E-state index in [1.807, 2.05) is 49.4 Å². The number of para-hydroxylation sites is 2. The normalized spacial score (nSPS) is 10.5. The van der Waals surface area contributed by atoms with Gasteiger partial charge < -0.3 is 5.32 Å². The third-order valence-electron chi connectivity index (χ3n) is 3.95. The molecule has 0 atom stereocenters. The molecule has 0 bridgehead atoms. The van der Waals surface area contributed by atoms with Gasteiger partial charge in [0.25, 0.3) is 5.91 Å². The molecule has 0 spiro atoms. The number of hydrogen-bond acceptors (Lipinski definition) is 3. The zero-order chi connectivity index (χ0) is 17.8. The van der Waals surface area contributed by atoms with Gasteiger partial charge in [0.05, 0.1) is 5.52 Å². The van der Waals surface area contributed by atoms with E-state index < -0.39 is 0 Å². The Balaban J connectivity index is 1.66. The van der Waals surface area contributed by atoms with Crippen LogP contribution in [-0.4, -0.2) is 21.2 Å². The van der Waals surface area contributed by atoms with Crippen molar-refractivity contribution in [3.05, 3.63) is 59.3 Å². The lowest BCUT2D eigenvalue weighted by Gasteiger charge is -2.16. The Morgan fingerprint density at radius 2 is 1.96 bits per heavy atom. The van der Waals surface area contributed by atoms with Gasteiger partial charge in [-0.3, -0.25) is 20.7 Å². The SMILES string of the molecule is CCc1cccc(C)c1NC(=S)NNC(=O)c1n[nH]c2ccccc12. The molecule has 2 aromatic carbocycles. The first kappa shape index (κ1) is 16.9. The van der Waals surface area contributed by atoms with Crippen LogP contribution in [0.2, 0.25) is 0 Å². The molecule has 0 fully saturated rings. The monoisotopic (exact) mass is 353 g/mol. The van der Waals surface area contributed by atoms with Gasteiger partial charge >= 0.3 is 0 Å². The van der Waals surface area contributed by atoms with E-state index in [-0.39, 0.29) is 5.91 Å². The molecular weight excluding hydrogens is 334 g/mol. The van der Waals surface area contributed by atoms with E-state index >= 15 is 0 Å². The Morgan fingerprint density at radius 1 is 1.16 bits per heavy atom. The maximum absolute atomic E-state index is 12.3. The van der Waals surface area contributed by atoms with E-state index in [1.54, 1.807) is 0 Å². The molecule has 128 valence electrons. The molecule has 1 amide bonds. The third kappa shape index (κ3) is 3.61. The van der Waals surface area contributed by atoms with Crippen molar-refractivity contribution in [2.45, 2.75) is 20.3 Å². The molecule has 0 aliphatic rings. The van der Waals surface area contributed by atoms with Crippen LogP contribution in [0, 0.1) is 6.92 Å². The molecule has 0 aliphatic carbocycles. The summed E-state index contributed by atoms with van der Waals surface area (Å²) in [6, 6.07) is 13.5. The number of hydrogen-bond donors (Lipinski definition) is 4. The molecule has 3 aromatic rings. The number of aromatic nitrogens is 2. The second-order valence-electron chi connectivity index (χ2n) is 5.61. The molecule has 25 heavy (non-hydrogen) atoms. The van der Waals surface area contributed by atoms with Gasteiger partial charge in [-0.05, 0) is 42.8 Å². The van der Waals surface area contributed by atoms with Gasteiger partial charge in [0, 0.05) is 11.1 Å². The number of thiocarbonyl (C=S) groups is 1. The van der Waals surface area contributed by atoms with Crippen LogP contribution in [0.15, 0.2) is 42.5 Å². The van der Waals surface area contributed by atoms with E-state index in [9.17, 15) is 4.79 Å². The summed E-state index contributed by atoms with van der Waals surface area (Å²) >= 11 is 5.28. The van der Waals surface area contributed by atoms with Gasteiger partial charge in [0.2, 0.25) is 0 Å². The number of carbonyl (C=O) groups excluding carboxylic acids is 1. The quantitative estimate of drug-likeness (QED) is 0.430. The van der Waals surface area contributed by atoms with Crippen molar-refractivity contribution in [2.75, 3.05) is 5.32 Å². The van der Waals surface area contributed by atoms with Gasteiger partial charge in [-0.15, -0.1) is 0 Å². The van der Waals surface area contributed by atoms with Crippen molar-refractivity contribution in [3.63, 3.8) is 0 Å². The largest absolute Gasteiger partial charge is 0.331 e. The highest BCUT2D eigenvalue weighted by Gasteiger charge is 2.14. The summed E-state index contributed by atoms with van der Waals surface area (Å²) in [5, 5.41) is 11.1. The topological polar surface area (TPSA) is 81.8 Å². The third-order valence-corrected chi connectivity index (χ3v) is 4.16. The first-order valence-electron chi connectivity index (χ1n) is 7.99. The number of anilines is 1. The predicted molar refractivity (Wildman–Crippen MR) is 103 cm³/mol. The van der Waals surface area contributed by atoms with Gasteiger partial charge in [-0.2, -0.15) is 5.10 Å². The minimum absolute atomic E-state index is 0.316. The van der Waals surface area contributed by atoms with Crippen LogP contribution in [0.5, 0.6) is 0 Å². The van der Waals surface area contributed by atoms with E-state index in [4.69, 9.17) is 12.2 Å². The van der Waals surface area contributed by atoms with Gasteiger partial charge in [-0.25, -0.2) is 0 Å². The molecule has 0 unspecified atom stereocenters. The second kappa shape index (κ2) is 7.31. The lowest BCUT2D eigenvalue weighted by atomic mass is 10.1. The van der Waals surface area contributed by atoms with Crippen molar-refractivity contribution >= 4 is 39.8 Å². The van der Waals surface area contributed by atoms with E-state index in [0.717, 1.165) is 34.1 Å². The highest BCUT2D eigenvalue weighted by Crippen LogP contribution is 2.20. The highest BCUT2D eigenvalue weighted by molar-refractivity contribution is 7.80. The average Bonchev–Trinajstić information content (AvgIpc) is 3.05. The van der Waals surface area contributed by atoms with Crippen LogP contribution in [0.4, 0.5) is 5.69 Å². The van der Waals surface area contributed by atoms with Crippen molar-refractivity contribution in [2.24, 2.45) is 0 Å². The molecule has 7 heteroatoms. The lowest BCUT2D eigenvalue weighted by Crippen LogP contribution is -2.44. The maximum atomic E-state index is 12.3. The molecule has 3 rings (SSSR count). The van der Waals surface area contributed by atoms with Crippen LogP contribution in [0.3, 0.4) is 0 Å². The smallest absolute Gasteiger partial charge is 0.290 e. The summed E-state index contributed by atoms with van der Waals surface area (Å²) in [6.45, 7) is 4.10. The summed E-state index contributed by atoms with van der Waals surface area (Å²) < 4.78 is 0. The molecule has 0 saturated heterocycles. The van der Waals surface area contributed by atoms with Crippen LogP contribution < -0.4 is 16.2 Å². The summed E-state index contributed by atoms with van der Waals surface area (Å²) in [5.41, 5.74) is 9.64. The van der Waals surface area contributed by atoms with Crippen LogP contribution in [0.25, 0.3) is 10.9 Å². The molecule has 0 radical (unpaired) electrons. The van der Waals surface area contributed by atoms with Gasteiger partial charge in [0.1, 0.15) is 0 Å². The number of fused-ring (bicyclic) bond motifs is 1. The number of aromatic amines is 1. The van der Waals surface area contributed by atoms with Crippen molar-refractivity contribution in [1.29, 1.82) is 0 Å². The molecule has 6 nitrogen and oxygen atoms in total. The fourth-order valence-electron chi connectivity index (χ4n) is 2.66. The number of H-pyrrole nitrogens is 1. The maximum Gasteiger partial charge on any atom is 0.290 e. The average molecular weight is 353 g/mol. The Morgan fingerprint density at radius 3 is 2.76 bits per heavy atom. The summed E-state index contributed by atoms with van der Waals surface area (Å²) in [7, 11) is 0. The highest BCUT2D eigenvalue weighted by atomic mass is 32.1.